The number of likely N-dealkylation sites (tertiary alicyclic amines) is 1. The fourth-order valence-electron chi connectivity index (χ4n) is 8.12. The van der Waals surface area contributed by atoms with Gasteiger partial charge >= 0.3 is 0 Å². The van der Waals surface area contributed by atoms with Crippen LogP contribution < -0.4 is 15.4 Å². The maximum Gasteiger partial charge on any atom is 0.259 e. The monoisotopic (exact) mass is 832 g/mol. The normalized spacial score (nSPS) is 26.1. The highest BCUT2D eigenvalue weighted by Crippen LogP contribution is 2.47. The number of benzene rings is 2. The second-order valence-electron chi connectivity index (χ2n) is 17.0. The summed E-state index contributed by atoms with van der Waals surface area (Å²) in [6.45, 7) is 9.43. The van der Waals surface area contributed by atoms with Gasteiger partial charge in [0.2, 0.25) is 31.9 Å². The first-order chi connectivity index (χ1) is 26.9. The predicted octanol–water partition coefficient (Wildman–Crippen LogP) is 2.53. The lowest BCUT2D eigenvalue weighted by atomic mass is 9.85. The van der Waals surface area contributed by atoms with Crippen molar-refractivity contribution >= 4 is 43.5 Å². The number of halogens is 1. The van der Waals surface area contributed by atoms with Gasteiger partial charge in [-0.25, -0.2) is 21.2 Å². The van der Waals surface area contributed by atoms with Gasteiger partial charge in [-0.2, -0.15) is 4.31 Å². The highest BCUT2D eigenvalue weighted by molar-refractivity contribution is 7.91. The second kappa shape index (κ2) is 15.8. The molecule has 2 saturated carbocycles. The number of ether oxygens (including phenoxy) is 2. The summed E-state index contributed by atoms with van der Waals surface area (Å²) in [7, 11) is -7.72. The van der Waals surface area contributed by atoms with E-state index in [4.69, 9.17) is 9.47 Å². The molecule has 18 heteroatoms. The molecule has 5 unspecified atom stereocenters. The third kappa shape index (κ3) is 8.71. The zero-order valence-electron chi connectivity index (χ0n) is 32.8. The van der Waals surface area contributed by atoms with E-state index in [1.807, 2.05) is 38.7 Å². The number of hydrogen-bond acceptors (Lipinski definition) is 11. The molecule has 2 aliphatic carbocycles. The minimum atomic E-state index is -3.88. The van der Waals surface area contributed by atoms with Crippen molar-refractivity contribution < 1.29 is 45.1 Å². The molecule has 7 rings (SSSR count). The third-order valence-corrected chi connectivity index (χ3v) is 15.5. The largest absolute Gasteiger partial charge is 0.379 e. The Bertz CT molecular complexity index is 2110. The van der Waals surface area contributed by atoms with Crippen LogP contribution in [0.15, 0.2) is 47.4 Å². The summed E-state index contributed by atoms with van der Waals surface area (Å²) in [6.07, 6.45) is 1.19. The molecule has 57 heavy (non-hydrogen) atoms. The molecule has 2 aromatic carbocycles. The maximum atomic E-state index is 14.8. The molecule has 0 bridgehead atoms. The lowest BCUT2D eigenvalue weighted by molar-refractivity contribution is -0.141. The molecule has 312 valence electrons. The Morgan fingerprint density at radius 3 is 2.40 bits per heavy atom. The number of sulfonamides is 2. The molecular weight excluding hydrogens is 780 g/mol. The number of carbonyl (C=O) groups is 3. The van der Waals surface area contributed by atoms with Gasteiger partial charge < -0.3 is 25.0 Å². The van der Waals surface area contributed by atoms with Crippen LogP contribution in [0.25, 0.3) is 0 Å². The van der Waals surface area contributed by atoms with Crippen LogP contribution in [-0.4, -0.2) is 117 Å². The number of nitrogens with one attached hydrogen (secondary N) is 3. The molecule has 2 saturated heterocycles. The number of nitrogens with zero attached hydrogens (tertiary/aromatic N) is 3. The standard InChI is InChI=1S/C39H53FN6O9S2/c1-5-26-20-39(26,37(49)43-56(50,51)29-12-13-29)42-35(47)33-19-28(55-24-44-21-25-8-6-11-32(40)31(25)23-44)22-46(33)36(48)34(38(2,3)4)41-27-9-7-10-30(18-27)57(52,53)45-14-16-54-17-15-45/h6-11,18,26,28-29,33-34,41H,5,12-17,19-24H2,1-4H3,(H,42,47)(H,43,49). The van der Waals surface area contributed by atoms with E-state index in [9.17, 15) is 35.6 Å². The summed E-state index contributed by atoms with van der Waals surface area (Å²) in [5.41, 5.74) is -0.334. The van der Waals surface area contributed by atoms with E-state index in [2.05, 4.69) is 15.4 Å². The highest BCUT2D eigenvalue weighted by atomic mass is 32.2. The average Bonchev–Trinajstić information content (AvgIpc) is 4.07. The number of morpholine rings is 1. The molecule has 5 aliphatic rings. The van der Waals surface area contributed by atoms with E-state index in [0.29, 0.717) is 56.8 Å². The number of amides is 3. The van der Waals surface area contributed by atoms with Gasteiger partial charge in [-0.3, -0.25) is 24.0 Å². The predicted molar refractivity (Wildman–Crippen MR) is 208 cm³/mol. The molecule has 3 aliphatic heterocycles. The molecule has 0 spiro atoms. The minimum Gasteiger partial charge on any atom is -0.379 e. The van der Waals surface area contributed by atoms with Gasteiger partial charge in [-0.15, -0.1) is 0 Å². The smallest absolute Gasteiger partial charge is 0.259 e. The fraction of sp³-hybridized carbons (Fsp3) is 0.615. The van der Waals surface area contributed by atoms with Gasteiger partial charge in [0.1, 0.15) is 30.2 Å². The molecule has 0 radical (unpaired) electrons. The van der Waals surface area contributed by atoms with Crippen LogP contribution >= 0.6 is 0 Å². The Kier molecular flexibility index (Phi) is 11.5. The van der Waals surface area contributed by atoms with Crippen molar-refractivity contribution in [3.8, 4) is 0 Å². The van der Waals surface area contributed by atoms with E-state index in [-0.39, 0.29) is 55.8 Å². The zero-order chi connectivity index (χ0) is 40.9. The van der Waals surface area contributed by atoms with Crippen LogP contribution in [0, 0.1) is 17.2 Å². The van der Waals surface area contributed by atoms with Crippen molar-refractivity contribution in [3.05, 3.63) is 59.4 Å². The van der Waals surface area contributed by atoms with Gasteiger partial charge in [0, 0.05) is 50.4 Å². The van der Waals surface area contributed by atoms with Crippen molar-refractivity contribution in [3.63, 3.8) is 0 Å². The lowest BCUT2D eigenvalue weighted by Crippen LogP contribution is -2.58. The van der Waals surface area contributed by atoms with E-state index < -0.39 is 72.2 Å². The average molecular weight is 833 g/mol. The number of fused-ring (bicyclic) bond motifs is 1. The van der Waals surface area contributed by atoms with Crippen LogP contribution in [-0.2, 0) is 57.0 Å². The maximum absolute atomic E-state index is 14.8. The summed E-state index contributed by atoms with van der Waals surface area (Å²) < 4.78 is 82.3. The molecule has 5 atom stereocenters. The van der Waals surface area contributed by atoms with Crippen molar-refractivity contribution in [2.24, 2.45) is 11.3 Å². The van der Waals surface area contributed by atoms with E-state index in [0.717, 1.165) is 5.56 Å². The third-order valence-electron chi connectivity index (χ3n) is 11.7. The first-order valence-electron chi connectivity index (χ1n) is 19.7. The van der Waals surface area contributed by atoms with Crippen LogP contribution in [0.1, 0.15) is 70.9 Å². The molecular formula is C39H53FN6O9S2. The summed E-state index contributed by atoms with van der Waals surface area (Å²) in [4.78, 5) is 46.2. The highest BCUT2D eigenvalue weighted by Gasteiger charge is 2.62. The van der Waals surface area contributed by atoms with Crippen LogP contribution in [0.4, 0.5) is 10.1 Å². The molecule has 15 nitrogen and oxygen atoms in total. The van der Waals surface area contributed by atoms with Gasteiger partial charge in [0.15, 0.2) is 0 Å². The first kappa shape index (κ1) is 41.5. The zero-order valence-corrected chi connectivity index (χ0v) is 34.5. The number of anilines is 1. The Morgan fingerprint density at radius 2 is 1.75 bits per heavy atom. The van der Waals surface area contributed by atoms with Crippen LogP contribution in [0.3, 0.4) is 0 Å². The van der Waals surface area contributed by atoms with Crippen molar-refractivity contribution in [1.82, 2.24) is 24.1 Å². The van der Waals surface area contributed by atoms with Crippen molar-refractivity contribution in [2.45, 2.75) is 107 Å². The Balaban J connectivity index is 1.12. The number of hydrogen-bond donors (Lipinski definition) is 3. The van der Waals surface area contributed by atoms with E-state index in [1.54, 1.807) is 18.2 Å². The number of rotatable bonds is 14. The number of carbonyl (C=O) groups excluding carboxylic acids is 3. The van der Waals surface area contributed by atoms with Gasteiger partial charge in [0.05, 0.1) is 29.5 Å². The molecule has 4 fully saturated rings. The van der Waals surface area contributed by atoms with Gasteiger partial charge in [-0.05, 0) is 60.4 Å². The van der Waals surface area contributed by atoms with Gasteiger partial charge in [0.25, 0.3) is 5.91 Å². The van der Waals surface area contributed by atoms with Gasteiger partial charge in [-0.1, -0.05) is 52.3 Å². The SMILES string of the molecule is CCC1CC1(NC(=O)C1CC(OCN2Cc3cccc(F)c3C2)CN1C(=O)C(Nc1cccc(S(=O)(=O)N2CCOCC2)c1)C(C)(C)C)C(=O)NS(=O)(=O)C1CC1. The van der Waals surface area contributed by atoms with Crippen LogP contribution in [0.5, 0.6) is 0 Å². The fourth-order valence-corrected chi connectivity index (χ4v) is 10.9. The Labute approximate surface area is 334 Å². The van der Waals surface area contributed by atoms with Crippen molar-refractivity contribution in [1.29, 1.82) is 0 Å². The Hall–Kier alpha value is -3.68. The van der Waals surface area contributed by atoms with Crippen molar-refractivity contribution in [2.75, 3.05) is 44.9 Å². The summed E-state index contributed by atoms with van der Waals surface area (Å²) >= 11 is 0. The Morgan fingerprint density at radius 1 is 1.04 bits per heavy atom. The lowest BCUT2D eigenvalue weighted by Gasteiger charge is -2.36. The minimum absolute atomic E-state index is 0.0260. The molecule has 3 amide bonds. The molecule has 2 aromatic rings. The topological polar surface area (TPSA) is 184 Å². The van der Waals surface area contributed by atoms with E-state index >= 15 is 0 Å². The molecule has 3 N–H and O–H groups in total. The summed E-state index contributed by atoms with van der Waals surface area (Å²) in [5.74, 6) is -2.41. The summed E-state index contributed by atoms with van der Waals surface area (Å²) in [6, 6.07) is 9.19. The second-order valence-corrected chi connectivity index (χ2v) is 20.9. The summed E-state index contributed by atoms with van der Waals surface area (Å²) in [5, 5.41) is 5.52. The van der Waals surface area contributed by atoms with Crippen LogP contribution in [0.2, 0.25) is 0 Å². The molecule has 0 aromatic heterocycles. The quantitative estimate of drug-likeness (QED) is 0.254. The molecule has 3 heterocycles. The first-order valence-corrected chi connectivity index (χ1v) is 22.6. The van der Waals surface area contributed by atoms with E-state index in [1.165, 1.54) is 27.4 Å².